The van der Waals surface area contributed by atoms with Crippen LogP contribution in [-0.4, -0.2) is 21.6 Å². The molecular weight excluding hydrogens is 300 g/mol. The third-order valence-corrected chi connectivity index (χ3v) is 4.78. The number of imidazole rings is 1. The second-order valence-corrected chi connectivity index (χ2v) is 6.40. The van der Waals surface area contributed by atoms with Crippen LogP contribution in [0.2, 0.25) is 0 Å². The number of carbonyl (C=O) groups is 1. The quantitative estimate of drug-likeness (QED) is 0.740. The van der Waals surface area contributed by atoms with Crippen molar-refractivity contribution in [3.05, 3.63) is 53.9 Å². The van der Waals surface area contributed by atoms with Crippen molar-refractivity contribution in [2.24, 2.45) is 7.05 Å². The van der Waals surface area contributed by atoms with Crippen molar-refractivity contribution in [3.8, 4) is 0 Å². The van der Waals surface area contributed by atoms with Gasteiger partial charge in [-0.1, -0.05) is 18.2 Å². The number of hydrogen-bond acceptors (Lipinski definition) is 2. The van der Waals surface area contributed by atoms with Crippen molar-refractivity contribution in [2.45, 2.75) is 26.3 Å². The van der Waals surface area contributed by atoms with Crippen LogP contribution in [0.1, 0.15) is 18.3 Å². The van der Waals surface area contributed by atoms with Gasteiger partial charge in [0.25, 0.3) is 0 Å². The van der Waals surface area contributed by atoms with Gasteiger partial charge in [-0.15, -0.1) is 0 Å². The number of fused-ring (bicyclic) bond motifs is 2. The molecule has 0 saturated heterocycles. The van der Waals surface area contributed by atoms with Gasteiger partial charge in [-0.3, -0.25) is 4.90 Å². The lowest BCUT2D eigenvalue weighted by Gasteiger charge is -2.23. The molecular formula is C19H20N4O. The lowest BCUT2D eigenvalue weighted by Crippen LogP contribution is -2.39. The fourth-order valence-electron chi connectivity index (χ4n) is 3.46. The zero-order valence-corrected chi connectivity index (χ0v) is 14.1. The number of aryl methyl sites for hydroxylation is 2. The summed E-state index contributed by atoms with van der Waals surface area (Å²) in [7, 11) is 1.99. The molecule has 1 aliphatic rings. The van der Waals surface area contributed by atoms with Gasteiger partial charge in [-0.05, 0) is 50.1 Å². The summed E-state index contributed by atoms with van der Waals surface area (Å²) in [5.74, 6) is 0.954. The van der Waals surface area contributed by atoms with E-state index in [0.717, 1.165) is 34.7 Å². The van der Waals surface area contributed by atoms with Crippen LogP contribution in [0.25, 0.3) is 11.0 Å². The highest BCUT2D eigenvalue weighted by Gasteiger charge is 2.30. The number of amides is 2. The Hall–Kier alpha value is -2.82. The van der Waals surface area contributed by atoms with Crippen molar-refractivity contribution in [1.82, 2.24) is 9.55 Å². The molecule has 2 amide bonds. The van der Waals surface area contributed by atoms with Crippen molar-refractivity contribution < 1.29 is 4.79 Å². The van der Waals surface area contributed by atoms with Crippen molar-refractivity contribution >= 4 is 28.4 Å². The van der Waals surface area contributed by atoms with Crippen LogP contribution in [0.3, 0.4) is 0 Å². The number of carbonyl (C=O) groups excluding carboxylic acids is 1. The minimum absolute atomic E-state index is 0.0977. The zero-order valence-electron chi connectivity index (χ0n) is 14.1. The molecule has 3 aromatic rings. The Morgan fingerprint density at radius 3 is 2.88 bits per heavy atom. The molecule has 0 radical (unpaired) electrons. The number of nitrogens with zero attached hydrogens (tertiary/aromatic N) is 3. The molecule has 0 unspecified atom stereocenters. The van der Waals surface area contributed by atoms with Crippen LogP contribution < -0.4 is 10.2 Å². The summed E-state index contributed by atoms with van der Waals surface area (Å²) in [6.07, 6.45) is 0.891. The first-order chi connectivity index (χ1) is 11.5. The average molecular weight is 320 g/mol. The number of urea groups is 1. The molecule has 0 saturated carbocycles. The fourth-order valence-corrected chi connectivity index (χ4v) is 3.46. The summed E-state index contributed by atoms with van der Waals surface area (Å²) in [5, 5.41) is 3.01. The topological polar surface area (TPSA) is 50.2 Å². The maximum atomic E-state index is 12.8. The molecule has 2 aromatic carbocycles. The molecule has 0 bridgehead atoms. The van der Waals surface area contributed by atoms with E-state index in [4.69, 9.17) is 0 Å². The van der Waals surface area contributed by atoms with E-state index < -0.39 is 0 Å². The summed E-state index contributed by atoms with van der Waals surface area (Å²) in [6.45, 7) is 4.05. The summed E-state index contributed by atoms with van der Waals surface area (Å²) in [4.78, 5) is 19.1. The molecule has 4 rings (SSSR count). The predicted molar refractivity (Wildman–Crippen MR) is 96.6 cm³/mol. The molecule has 1 aromatic heterocycles. The second kappa shape index (κ2) is 5.37. The molecule has 0 aliphatic carbocycles. The first-order valence-corrected chi connectivity index (χ1v) is 8.16. The van der Waals surface area contributed by atoms with E-state index in [1.54, 1.807) is 0 Å². The van der Waals surface area contributed by atoms with Crippen LogP contribution in [-0.2, 0) is 13.5 Å². The van der Waals surface area contributed by atoms with Gasteiger partial charge in [0, 0.05) is 24.5 Å². The number of hydrogen-bond donors (Lipinski definition) is 1. The minimum atomic E-state index is -0.0977. The van der Waals surface area contributed by atoms with E-state index in [0.29, 0.717) is 0 Å². The van der Waals surface area contributed by atoms with Gasteiger partial charge in [0.05, 0.1) is 11.0 Å². The van der Waals surface area contributed by atoms with Gasteiger partial charge in [0.1, 0.15) is 5.82 Å². The molecule has 1 N–H and O–H groups in total. The number of rotatable bonds is 1. The maximum Gasteiger partial charge on any atom is 0.326 e. The molecule has 122 valence electrons. The lowest BCUT2D eigenvalue weighted by atomic mass is 10.1. The van der Waals surface area contributed by atoms with Gasteiger partial charge in [0.15, 0.2) is 0 Å². The lowest BCUT2D eigenvalue weighted by molar-refractivity contribution is 0.256. The normalized spacial score (nSPS) is 16.5. The molecule has 5 heteroatoms. The number of anilines is 2. The Balaban J connectivity index is 1.62. The standard InChI is InChI=1S/C19H20N4O/c1-12-10-14-6-4-5-7-17(14)23(12)19(24)21-15-8-9-18-16(11-15)20-13(2)22(18)3/h4-9,11-12H,10H2,1-3H3,(H,21,24)/t12-/m0/s1. The summed E-state index contributed by atoms with van der Waals surface area (Å²) < 4.78 is 2.04. The van der Waals surface area contributed by atoms with Gasteiger partial charge < -0.3 is 9.88 Å². The number of aromatic nitrogens is 2. The van der Waals surface area contributed by atoms with E-state index in [-0.39, 0.29) is 12.1 Å². The van der Waals surface area contributed by atoms with Crippen LogP contribution in [0.4, 0.5) is 16.2 Å². The Morgan fingerprint density at radius 1 is 1.25 bits per heavy atom. The van der Waals surface area contributed by atoms with Crippen molar-refractivity contribution in [3.63, 3.8) is 0 Å². The maximum absolute atomic E-state index is 12.8. The van der Waals surface area contributed by atoms with E-state index in [9.17, 15) is 4.79 Å². The van der Waals surface area contributed by atoms with Gasteiger partial charge in [-0.25, -0.2) is 9.78 Å². The Labute approximate surface area is 140 Å². The molecule has 0 spiro atoms. The van der Waals surface area contributed by atoms with Crippen LogP contribution in [0.15, 0.2) is 42.5 Å². The van der Waals surface area contributed by atoms with E-state index in [2.05, 4.69) is 23.3 Å². The van der Waals surface area contributed by atoms with E-state index >= 15 is 0 Å². The minimum Gasteiger partial charge on any atom is -0.331 e. The largest absolute Gasteiger partial charge is 0.331 e. The van der Waals surface area contributed by atoms with Crippen molar-refractivity contribution in [2.75, 3.05) is 10.2 Å². The number of para-hydroxylation sites is 1. The average Bonchev–Trinajstić information content (AvgIpc) is 3.03. The van der Waals surface area contributed by atoms with Gasteiger partial charge >= 0.3 is 6.03 Å². The first-order valence-electron chi connectivity index (χ1n) is 8.16. The third kappa shape index (κ3) is 2.24. The SMILES string of the molecule is Cc1nc2cc(NC(=O)N3c4ccccc4C[C@@H]3C)ccc2n1C. The molecule has 2 heterocycles. The smallest absolute Gasteiger partial charge is 0.326 e. The summed E-state index contributed by atoms with van der Waals surface area (Å²) >= 11 is 0. The Kier molecular flexibility index (Phi) is 3.30. The monoisotopic (exact) mass is 320 g/mol. The highest BCUT2D eigenvalue weighted by Crippen LogP contribution is 2.32. The van der Waals surface area contributed by atoms with Gasteiger partial charge in [0.2, 0.25) is 0 Å². The van der Waals surface area contributed by atoms with Crippen LogP contribution >= 0.6 is 0 Å². The zero-order chi connectivity index (χ0) is 16.8. The van der Waals surface area contributed by atoms with E-state index in [1.807, 2.05) is 59.8 Å². The Bertz CT molecular complexity index is 944. The van der Waals surface area contributed by atoms with Crippen molar-refractivity contribution in [1.29, 1.82) is 0 Å². The molecule has 1 atom stereocenters. The molecule has 5 nitrogen and oxygen atoms in total. The van der Waals surface area contributed by atoms with Crippen LogP contribution in [0.5, 0.6) is 0 Å². The highest BCUT2D eigenvalue weighted by atomic mass is 16.2. The van der Waals surface area contributed by atoms with Crippen LogP contribution in [0, 0.1) is 6.92 Å². The second-order valence-electron chi connectivity index (χ2n) is 6.40. The summed E-state index contributed by atoms with van der Waals surface area (Å²) in [5.41, 5.74) is 4.93. The predicted octanol–water partition coefficient (Wildman–Crippen LogP) is 3.86. The number of nitrogens with one attached hydrogen (secondary N) is 1. The van der Waals surface area contributed by atoms with Gasteiger partial charge in [-0.2, -0.15) is 0 Å². The Morgan fingerprint density at radius 2 is 2.04 bits per heavy atom. The highest BCUT2D eigenvalue weighted by molar-refractivity contribution is 6.04. The molecule has 1 aliphatic heterocycles. The molecule has 24 heavy (non-hydrogen) atoms. The fraction of sp³-hybridized carbons (Fsp3) is 0.263. The third-order valence-electron chi connectivity index (χ3n) is 4.78. The first kappa shape index (κ1) is 14.8. The number of benzene rings is 2. The molecule has 0 fully saturated rings. The van der Waals surface area contributed by atoms with E-state index in [1.165, 1.54) is 5.56 Å². The summed E-state index contributed by atoms with van der Waals surface area (Å²) in [6, 6.07) is 14.0.